The topological polar surface area (TPSA) is 33.1 Å². The number of hydrogen-bond donors (Lipinski definition) is 1. The monoisotopic (exact) mass is 86.1 g/mol. The van der Waals surface area contributed by atoms with Crippen LogP contribution in [0.4, 0.5) is 0 Å². The third-order valence-corrected chi connectivity index (χ3v) is 0.378. The smallest absolute Gasteiger partial charge is 0.0899 e. The van der Waals surface area contributed by atoms with E-state index in [0.717, 1.165) is 0 Å². The van der Waals surface area contributed by atoms with Crippen LogP contribution in [-0.2, 0) is 4.74 Å². The van der Waals surface area contributed by atoms with E-state index in [1.54, 1.807) is 0 Å². The van der Waals surface area contributed by atoms with Crippen molar-refractivity contribution in [3.05, 3.63) is 0 Å². The summed E-state index contributed by atoms with van der Waals surface area (Å²) in [6, 6.07) is 0. The van der Waals surface area contributed by atoms with Crippen molar-refractivity contribution in [1.29, 1.82) is 5.41 Å². The molecule has 0 heterocycles. The molecule has 0 spiro atoms. The highest BCUT2D eigenvalue weighted by molar-refractivity contribution is 5.53. The minimum atomic E-state index is 0.330. The molecule has 0 saturated carbocycles. The SMILES string of the molecule is CCOC[C]=N. The molecule has 2 nitrogen and oxygen atoms in total. The van der Waals surface area contributed by atoms with Gasteiger partial charge in [0.2, 0.25) is 0 Å². The third kappa shape index (κ3) is 3.63. The Bertz CT molecular complexity index is 36.5. The third-order valence-electron chi connectivity index (χ3n) is 0.378. The van der Waals surface area contributed by atoms with Crippen molar-refractivity contribution < 1.29 is 4.74 Å². The molecule has 1 radical (unpaired) electrons. The molecular weight excluding hydrogens is 78.0 g/mol. The fourth-order valence-electron chi connectivity index (χ4n) is 0.153. The lowest BCUT2D eigenvalue weighted by atomic mass is 10.8. The van der Waals surface area contributed by atoms with E-state index in [-0.39, 0.29) is 0 Å². The lowest BCUT2D eigenvalue weighted by Gasteiger charge is -1.86. The van der Waals surface area contributed by atoms with Crippen molar-refractivity contribution in [1.82, 2.24) is 0 Å². The van der Waals surface area contributed by atoms with Crippen LogP contribution in [0.3, 0.4) is 0 Å². The molecule has 0 saturated heterocycles. The molecule has 0 aliphatic carbocycles. The van der Waals surface area contributed by atoms with Gasteiger partial charge in [0.05, 0.1) is 12.8 Å². The molecule has 0 atom stereocenters. The van der Waals surface area contributed by atoms with Crippen LogP contribution in [0.25, 0.3) is 0 Å². The first-order chi connectivity index (χ1) is 2.91. The van der Waals surface area contributed by atoms with E-state index in [4.69, 9.17) is 5.41 Å². The quantitative estimate of drug-likeness (QED) is 0.395. The van der Waals surface area contributed by atoms with Gasteiger partial charge >= 0.3 is 0 Å². The van der Waals surface area contributed by atoms with Gasteiger partial charge in [-0.1, -0.05) is 0 Å². The minimum Gasteiger partial charge on any atom is -0.375 e. The summed E-state index contributed by atoms with van der Waals surface area (Å²) in [5.41, 5.74) is 0. The van der Waals surface area contributed by atoms with Gasteiger partial charge in [-0.3, -0.25) is 0 Å². The Morgan fingerprint density at radius 2 is 2.50 bits per heavy atom. The maximum absolute atomic E-state index is 6.33. The van der Waals surface area contributed by atoms with Crippen LogP contribution >= 0.6 is 0 Å². The largest absolute Gasteiger partial charge is 0.375 e. The molecule has 0 aromatic heterocycles. The molecule has 2 heteroatoms. The Balaban J connectivity index is 2.49. The van der Waals surface area contributed by atoms with Crippen LogP contribution < -0.4 is 0 Å². The molecule has 6 heavy (non-hydrogen) atoms. The van der Waals surface area contributed by atoms with Crippen LogP contribution in [0, 0.1) is 5.41 Å². The Morgan fingerprint density at radius 3 is 2.67 bits per heavy atom. The molecule has 0 aliphatic rings. The van der Waals surface area contributed by atoms with Crippen molar-refractivity contribution >= 4 is 6.21 Å². The summed E-state index contributed by atoms with van der Waals surface area (Å²) in [5.74, 6) is 0. The highest BCUT2D eigenvalue weighted by Crippen LogP contribution is 1.63. The summed E-state index contributed by atoms with van der Waals surface area (Å²) in [6.07, 6.45) is 2.10. The first-order valence-corrected chi connectivity index (χ1v) is 1.89. The normalized spacial score (nSPS) is 8.17. The molecular formula is C4H8NO. The standard InChI is InChI=1S/C4H8NO/c1-2-6-4-3-5/h5H,2,4H2,1H3. The first-order valence-electron chi connectivity index (χ1n) is 1.89. The fraction of sp³-hybridized carbons (Fsp3) is 0.750. The molecule has 0 unspecified atom stereocenters. The van der Waals surface area contributed by atoms with Crippen LogP contribution in [0.15, 0.2) is 0 Å². The number of ether oxygens (including phenoxy) is 1. The second-order valence-corrected chi connectivity index (χ2v) is 0.814. The maximum Gasteiger partial charge on any atom is 0.0899 e. The number of rotatable bonds is 3. The predicted molar refractivity (Wildman–Crippen MR) is 24.2 cm³/mol. The van der Waals surface area contributed by atoms with Crippen molar-refractivity contribution in [2.45, 2.75) is 6.92 Å². The van der Waals surface area contributed by atoms with Gasteiger partial charge in [-0.15, -0.1) is 0 Å². The van der Waals surface area contributed by atoms with Crippen molar-refractivity contribution in [3.8, 4) is 0 Å². The molecule has 0 aromatic rings. The minimum absolute atomic E-state index is 0.330. The molecule has 0 bridgehead atoms. The zero-order chi connectivity index (χ0) is 4.83. The van der Waals surface area contributed by atoms with Crippen LogP contribution in [0.1, 0.15) is 6.92 Å². The average molecular weight is 86.1 g/mol. The first kappa shape index (κ1) is 5.63. The summed E-state index contributed by atoms with van der Waals surface area (Å²) in [7, 11) is 0. The molecule has 0 fully saturated rings. The molecule has 0 aliphatic heterocycles. The van der Waals surface area contributed by atoms with Crippen molar-refractivity contribution in [3.63, 3.8) is 0 Å². The van der Waals surface area contributed by atoms with Gasteiger partial charge in [0.15, 0.2) is 0 Å². The van der Waals surface area contributed by atoms with E-state index in [2.05, 4.69) is 11.0 Å². The number of nitrogens with one attached hydrogen (secondary N) is 1. The average Bonchev–Trinajstić information content (AvgIpc) is 1.61. The summed E-state index contributed by atoms with van der Waals surface area (Å²) >= 11 is 0. The van der Waals surface area contributed by atoms with Gasteiger partial charge in [0.25, 0.3) is 0 Å². The van der Waals surface area contributed by atoms with E-state index >= 15 is 0 Å². The molecule has 35 valence electrons. The van der Waals surface area contributed by atoms with E-state index in [1.807, 2.05) is 6.92 Å². The van der Waals surface area contributed by atoms with Gasteiger partial charge in [-0.2, -0.15) is 0 Å². The highest BCUT2D eigenvalue weighted by atomic mass is 16.5. The predicted octanol–water partition coefficient (Wildman–Crippen LogP) is 0.549. The highest BCUT2D eigenvalue weighted by Gasteiger charge is 1.70. The summed E-state index contributed by atoms with van der Waals surface area (Å²) < 4.78 is 4.68. The molecule has 1 N–H and O–H groups in total. The van der Waals surface area contributed by atoms with Crippen LogP contribution in [0.2, 0.25) is 0 Å². The van der Waals surface area contributed by atoms with Gasteiger partial charge in [-0.05, 0) is 6.92 Å². The van der Waals surface area contributed by atoms with E-state index in [0.29, 0.717) is 13.2 Å². The van der Waals surface area contributed by atoms with Crippen molar-refractivity contribution in [2.75, 3.05) is 13.2 Å². The zero-order valence-corrected chi connectivity index (χ0v) is 3.82. The van der Waals surface area contributed by atoms with Crippen molar-refractivity contribution in [2.24, 2.45) is 0 Å². The summed E-state index contributed by atoms with van der Waals surface area (Å²) in [5, 5.41) is 6.33. The van der Waals surface area contributed by atoms with Gasteiger partial charge in [0, 0.05) is 6.61 Å². The summed E-state index contributed by atoms with van der Waals surface area (Å²) in [4.78, 5) is 0. The van der Waals surface area contributed by atoms with Gasteiger partial charge < -0.3 is 10.1 Å². The molecule has 0 rings (SSSR count). The maximum atomic E-state index is 6.33. The second kappa shape index (κ2) is 4.63. The Hall–Kier alpha value is -0.370. The van der Waals surface area contributed by atoms with Crippen LogP contribution in [0.5, 0.6) is 0 Å². The fourth-order valence-corrected chi connectivity index (χ4v) is 0.153. The molecule has 0 amide bonds. The second-order valence-electron chi connectivity index (χ2n) is 0.814. The summed E-state index contributed by atoms with van der Waals surface area (Å²) in [6.45, 7) is 2.89. The number of hydrogen-bond acceptors (Lipinski definition) is 2. The Kier molecular flexibility index (Phi) is 4.34. The van der Waals surface area contributed by atoms with Gasteiger partial charge in [0.1, 0.15) is 0 Å². The van der Waals surface area contributed by atoms with Gasteiger partial charge in [-0.25, -0.2) is 0 Å². The Morgan fingerprint density at radius 1 is 1.83 bits per heavy atom. The molecule has 0 aromatic carbocycles. The lowest BCUT2D eigenvalue weighted by molar-refractivity contribution is 0.189. The van der Waals surface area contributed by atoms with Crippen LogP contribution in [-0.4, -0.2) is 19.4 Å². The Labute approximate surface area is 37.6 Å². The zero-order valence-electron chi connectivity index (χ0n) is 3.82. The lowest BCUT2D eigenvalue weighted by Crippen LogP contribution is -1.91. The van der Waals surface area contributed by atoms with E-state index < -0.39 is 0 Å². The van der Waals surface area contributed by atoms with E-state index in [1.165, 1.54) is 0 Å². The van der Waals surface area contributed by atoms with E-state index in [9.17, 15) is 0 Å².